The Labute approximate surface area is 129 Å². The molecule has 0 amide bonds. The van der Waals surface area contributed by atoms with Crippen LogP contribution in [0.5, 0.6) is 0 Å². The van der Waals surface area contributed by atoms with Crippen LogP contribution in [0.15, 0.2) is 0 Å². The Morgan fingerprint density at radius 2 is 1.48 bits per heavy atom. The average molecular weight is 292 g/mol. The van der Waals surface area contributed by atoms with Crippen molar-refractivity contribution in [3.63, 3.8) is 0 Å². The summed E-state index contributed by atoms with van der Waals surface area (Å²) in [7, 11) is 0. The summed E-state index contributed by atoms with van der Waals surface area (Å²) < 4.78 is 0. The lowest BCUT2D eigenvalue weighted by Crippen LogP contribution is -2.54. The first-order valence-corrected chi connectivity index (χ1v) is 9.31. The number of aliphatic hydroxyl groups is 2. The maximum absolute atomic E-state index is 10.5. The van der Waals surface area contributed by atoms with Crippen molar-refractivity contribution >= 4 is 0 Å². The molecule has 120 valence electrons. The van der Waals surface area contributed by atoms with Gasteiger partial charge in [0, 0.05) is 0 Å². The van der Waals surface area contributed by atoms with Gasteiger partial charge in [-0.1, -0.05) is 13.8 Å². The molecule has 0 aliphatic heterocycles. The highest BCUT2D eigenvalue weighted by Crippen LogP contribution is 2.66. The zero-order valence-electron chi connectivity index (χ0n) is 13.7. The molecule has 0 aromatic heterocycles. The van der Waals surface area contributed by atoms with E-state index in [1.807, 2.05) is 0 Å². The highest BCUT2D eigenvalue weighted by Gasteiger charge is 2.59. The molecule has 4 rings (SSSR count). The zero-order valence-corrected chi connectivity index (χ0v) is 13.7. The molecule has 0 unspecified atom stereocenters. The highest BCUT2D eigenvalue weighted by molar-refractivity contribution is 5.09. The summed E-state index contributed by atoms with van der Waals surface area (Å²) in [5.74, 6) is 3.21. The second kappa shape index (κ2) is 4.71. The zero-order chi connectivity index (χ0) is 14.8. The van der Waals surface area contributed by atoms with Crippen molar-refractivity contribution in [2.24, 2.45) is 34.5 Å². The van der Waals surface area contributed by atoms with Gasteiger partial charge < -0.3 is 10.2 Å². The molecule has 2 heteroatoms. The summed E-state index contributed by atoms with van der Waals surface area (Å²) in [5.41, 5.74) is 0.676. The molecule has 0 aromatic rings. The molecule has 0 bridgehead atoms. The first-order valence-electron chi connectivity index (χ1n) is 9.31. The van der Waals surface area contributed by atoms with E-state index in [4.69, 9.17) is 0 Å². The van der Waals surface area contributed by atoms with Crippen LogP contribution in [0.3, 0.4) is 0 Å². The predicted octanol–water partition coefficient (Wildman–Crippen LogP) is 3.75. The van der Waals surface area contributed by atoms with E-state index >= 15 is 0 Å². The highest BCUT2D eigenvalue weighted by atomic mass is 16.3. The molecule has 0 aromatic carbocycles. The van der Waals surface area contributed by atoms with Gasteiger partial charge in [-0.15, -0.1) is 0 Å². The van der Waals surface area contributed by atoms with E-state index in [-0.39, 0.29) is 17.6 Å². The van der Waals surface area contributed by atoms with Crippen LogP contribution in [0.2, 0.25) is 0 Å². The van der Waals surface area contributed by atoms with Crippen molar-refractivity contribution in [1.82, 2.24) is 0 Å². The Morgan fingerprint density at radius 1 is 0.762 bits per heavy atom. The molecule has 0 spiro atoms. The lowest BCUT2D eigenvalue weighted by Gasteiger charge is -2.60. The fourth-order valence-corrected chi connectivity index (χ4v) is 7.21. The first kappa shape index (κ1) is 14.5. The predicted molar refractivity (Wildman–Crippen MR) is 83.7 cm³/mol. The number of hydrogen-bond acceptors (Lipinski definition) is 2. The van der Waals surface area contributed by atoms with Gasteiger partial charge in [0.25, 0.3) is 0 Å². The molecule has 4 aliphatic carbocycles. The van der Waals surface area contributed by atoms with Gasteiger partial charge in [-0.3, -0.25) is 0 Å². The van der Waals surface area contributed by atoms with Gasteiger partial charge in [-0.25, -0.2) is 0 Å². The third-order valence-electron chi connectivity index (χ3n) is 8.59. The number of fused-ring (bicyclic) bond motifs is 5. The van der Waals surface area contributed by atoms with Gasteiger partial charge in [0.15, 0.2) is 0 Å². The van der Waals surface area contributed by atoms with Crippen LogP contribution in [0.4, 0.5) is 0 Å². The minimum Gasteiger partial charge on any atom is -0.393 e. The third kappa shape index (κ3) is 1.91. The van der Waals surface area contributed by atoms with Crippen LogP contribution < -0.4 is 0 Å². The average Bonchev–Trinajstić information content (AvgIpc) is 2.76. The van der Waals surface area contributed by atoms with Crippen molar-refractivity contribution in [2.75, 3.05) is 0 Å². The van der Waals surface area contributed by atoms with Crippen LogP contribution in [-0.2, 0) is 0 Å². The van der Waals surface area contributed by atoms with E-state index < -0.39 is 0 Å². The summed E-state index contributed by atoms with van der Waals surface area (Å²) in [6.07, 6.45) is 10.7. The van der Waals surface area contributed by atoms with Gasteiger partial charge >= 0.3 is 0 Å². The van der Waals surface area contributed by atoms with Crippen molar-refractivity contribution in [3.8, 4) is 0 Å². The van der Waals surface area contributed by atoms with E-state index in [0.29, 0.717) is 5.41 Å². The third-order valence-corrected chi connectivity index (χ3v) is 8.59. The fraction of sp³-hybridized carbons (Fsp3) is 1.00. The van der Waals surface area contributed by atoms with Gasteiger partial charge in [-0.2, -0.15) is 0 Å². The minimum absolute atomic E-state index is 0.0400. The van der Waals surface area contributed by atoms with Gasteiger partial charge in [0.05, 0.1) is 12.2 Å². The van der Waals surface area contributed by atoms with Gasteiger partial charge in [-0.05, 0) is 92.3 Å². The van der Waals surface area contributed by atoms with Crippen molar-refractivity contribution < 1.29 is 10.2 Å². The monoisotopic (exact) mass is 292 g/mol. The molecule has 2 nitrogen and oxygen atoms in total. The Morgan fingerprint density at radius 3 is 2.29 bits per heavy atom. The molecule has 8 atom stereocenters. The summed E-state index contributed by atoms with van der Waals surface area (Å²) >= 11 is 0. The maximum atomic E-state index is 10.5. The van der Waals surface area contributed by atoms with E-state index in [9.17, 15) is 10.2 Å². The van der Waals surface area contributed by atoms with Crippen molar-refractivity contribution in [3.05, 3.63) is 0 Å². The molecule has 0 radical (unpaired) electrons. The molecular formula is C19H32O2. The molecule has 4 aliphatic rings. The number of rotatable bonds is 0. The lowest BCUT2D eigenvalue weighted by atomic mass is 9.45. The molecule has 0 heterocycles. The molecule has 4 saturated carbocycles. The topological polar surface area (TPSA) is 40.5 Å². The van der Waals surface area contributed by atoms with Crippen LogP contribution >= 0.6 is 0 Å². The summed E-state index contributed by atoms with van der Waals surface area (Å²) in [4.78, 5) is 0. The minimum atomic E-state index is -0.0536. The van der Waals surface area contributed by atoms with Crippen molar-refractivity contribution in [2.45, 2.75) is 83.8 Å². The summed E-state index contributed by atoms with van der Waals surface area (Å²) in [6, 6.07) is 0. The van der Waals surface area contributed by atoms with Crippen LogP contribution in [0.25, 0.3) is 0 Å². The molecular weight excluding hydrogens is 260 g/mol. The maximum Gasteiger partial charge on any atom is 0.0596 e. The van der Waals surface area contributed by atoms with E-state index in [2.05, 4.69) is 13.8 Å². The Kier molecular flexibility index (Phi) is 3.25. The summed E-state index contributed by atoms with van der Waals surface area (Å²) in [6.45, 7) is 4.90. The van der Waals surface area contributed by atoms with E-state index in [1.54, 1.807) is 0 Å². The van der Waals surface area contributed by atoms with Crippen molar-refractivity contribution in [1.29, 1.82) is 0 Å². The molecule has 21 heavy (non-hydrogen) atoms. The standard InChI is InChI=1S/C19H32O2/c1-18-9-7-13(20)11-12(18)3-4-14-15-5-6-17(21)19(15,2)10-8-16(14)18/h12-17,20-21H,3-11H2,1-2H3/t12-,13-,14+,15-,16+,17-,18+,19+/m1/s1. The van der Waals surface area contributed by atoms with E-state index in [1.165, 1.54) is 38.5 Å². The largest absolute Gasteiger partial charge is 0.393 e. The Bertz CT molecular complexity index is 422. The van der Waals surface area contributed by atoms with E-state index in [0.717, 1.165) is 42.9 Å². The van der Waals surface area contributed by atoms with Gasteiger partial charge in [0.1, 0.15) is 0 Å². The Hall–Kier alpha value is -0.0800. The van der Waals surface area contributed by atoms with Crippen LogP contribution in [-0.4, -0.2) is 22.4 Å². The molecule has 0 saturated heterocycles. The second-order valence-electron chi connectivity index (χ2n) is 9.22. The first-order chi connectivity index (χ1) is 9.95. The molecule has 4 fully saturated rings. The quantitative estimate of drug-likeness (QED) is 0.714. The Balaban J connectivity index is 1.62. The van der Waals surface area contributed by atoms with Gasteiger partial charge in [0.2, 0.25) is 0 Å². The second-order valence-corrected chi connectivity index (χ2v) is 9.22. The SMILES string of the molecule is C[C@]12CC[C@@H](O)C[C@H]1CC[C@H]1[C@H]3CC[C@@H](O)[C@@]3(C)CC[C@@H]12. The fourth-order valence-electron chi connectivity index (χ4n) is 7.21. The molecule has 2 N–H and O–H groups in total. The van der Waals surface area contributed by atoms with Crippen LogP contribution in [0, 0.1) is 34.5 Å². The van der Waals surface area contributed by atoms with Crippen LogP contribution in [0.1, 0.15) is 71.6 Å². The number of hydrogen-bond donors (Lipinski definition) is 2. The lowest BCUT2D eigenvalue weighted by molar-refractivity contribution is -0.133. The smallest absolute Gasteiger partial charge is 0.0596 e. The summed E-state index contributed by atoms with van der Waals surface area (Å²) in [5, 5.41) is 20.5. The number of aliphatic hydroxyl groups excluding tert-OH is 2. The normalized spacial score (nSPS) is 60.0.